The molecule has 0 aliphatic heterocycles. The number of aromatic carboxylic acids is 4. The van der Waals surface area contributed by atoms with E-state index in [0.29, 0.717) is 53.1 Å². The van der Waals surface area contributed by atoms with Gasteiger partial charge in [0.15, 0.2) is 0 Å². The first kappa shape index (κ1) is 74.3. The van der Waals surface area contributed by atoms with Gasteiger partial charge in [0.25, 0.3) is 0 Å². The molecule has 0 unspecified atom stereocenters. The molecule has 0 radical (unpaired) electrons. The molecular formula is C64H65N19O16. The summed E-state index contributed by atoms with van der Waals surface area (Å²) in [5.74, 6) is -6.02. The van der Waals surface area contributed by atoms with Gasteiger partial charge in [-0.1, -0.05) is 6.58 Å². The van der Waals surface area contributed by atoms with E-state index in [2.05, 4.69) is 104 Å². The number of ether oxygens (including phenoxy) is 2. The Labute approximate surface area is 562 Å². The summed E-state index contributed by atoms with van der Waals surface area (Å²) < 4.78 is 11.0. The Bertz CT molecular complexity index is 4350. The molecule has 512 valence electrons. The maximum Gasteiger partial charge on any atom is 0.335 e. The van der Waals surface area contributed by atoms with Crippen LogP contribution in [0.4, 0.5) is 86.6 Å². The van der Waals surface area contributed by atoms with Gasteiger partial charge in [0.1, 0.15) is 17.3 Å². The molecule has 0 saturated heterocycles. The Kier molecular flexibility index (Phi) is 27.5. The van der Waals surface area contributed by atoms with Crippen LogP contribution in [0.2, 0.25) is 0 Å². The number of aliphatic carboxylic acids is 2. The van der Waals surface area contributed by atoms with Gasteiger partial charge < -0.3 is 87.5 Å². The summed E-state index contributed by atoms with van der Waals surface area (Å²) in [4.78, 5) is 93.3. The normalized spacial score (nSPS) is 11.0. The van der Waals surface area contributed by atoms with Crippen molar-refractivity contribution >= 4 is 122 Å². The number of hydrogen-bond acceptors (Lipinski definition) is 29. The summed E-state index contributed by atoms with van der Waals surface area (Å²) in [7, 11) is 6.63. The maximum atomic E-state index is 11.4. The Morgan fingerprint density at radius 2 is 0.889 bits per heavy atom. The van der Waals surface area contributed by atoms with Gasteiger partial charge in [0.05, 0.1) is 101 Å². The molecule has 8 rings (SSSR count). The zero-order chi connectivity index (χ0) is 72.1. The molecule has 0 bridgehead atoms. The zero-order valence-electron chi connectivity index (χ0n) is 53.4. The number of aliphatic hydroxyl groups excluding tert-OH is 2. The minimum Gasteiger partial charge on any atom is -0.494 e. The van der Waals surface area contributed by atoms with Crippen LogP contribution in [0.1, 0.15) is 52.8 Å². The number of anilines is 10. The smallest absolute Gasteiger partial charge is 0.335 e. The molecule has 6 aromatic carbocycles. The Hall–Kier alpha value is -13.7. The van der Waals surface area contributed by atoms with Crippen LogP contribution in [0.5, 0.6) is 11.5 Å². The number of aliphatic hydroxyl groups is 2. The van der Waals surface area contributed by atoms with Crippen molar-refractivity contribution < 1.29 is 79.1 Å². The lowest BCUT2D eigenvalue weighted by Crippen LogP contribution is -2.12. The van der Waals surface area contributed by atoms with Gasteiger partial charge in [-0.15, -0.1) is 0 Å². The number of aryl methyl sites for hydroxylation is 2. The number of carboxylic acids is 6. The number of aromatic nitrogens is 6. The van der Waals surface area contributed by atoms with E-state index in [1.54, 1.807) is 49.4 Å². The van der Waals surface area contributed by atoms with Crippen molar-refractivity contribution in [3.8, 4) is 11.5 Å². The Morgan fingerprint density at radius 3 is 1.31 bits per heavy atom. The van der Waals surface area contributed by atoms with Crippen molar-refractivity contribution in [1.29, 1.82) is 0 Å². The van der Waals surface area contributed by atoms with E-state index in [1.807, 2.05) is 45.3 Å². The summed E-state index contributed by atoms with van der Waals surface area (Å²) in [6.07, 6.45) is 2.60. The van der Waals surface area contributed by atoms with Crippen LogP contribution in [0.25, 0.3) is 0 Å². The topological polar surface area (TPSA) is 518 Å². The molecule has 15 N–H and O–H groups in total. The van der Waals surface area contributed by atoms with Crippen molar-refractivity contribution in [1.82, 2.24) is 29.9 Å². The number of benzene rings is 6. The molecule has 0 atom stereocenters. The summed E-state index contributed by atoms with van der Waals surface area (Å²) >= 11 is 0. The van der Waals surface area contributed by atoms with Crippen LogP contribution in [0, 0.1) is 13.8 Å². The number of carboxylic acid groups (broad SMARTS) is 6. The number of nitrogens with zero attached hydrogens (tertiary/aromatic N) is 12. The fourth-order valence-corrected chi connectivity index (χ4v) is 7.96. The van der Waals surface area contributed by atoms with Crippen LogP contribution in [0.3, 0.4) is 0 Å². The van der Waals surface area contributed by atoms with E-state index in [-0.39, 0.29) is 105 Å². The molecule has 0 aliphatic carbocycles. The third-order valence-electron chi connectivity index (χ3n) is 12.6. The molecule has 0 aliphatic rings. The fourth-order valence-electron chi connectivity index (χ4n) is 7.96. The molecule has 35 nitrogen and oxygen atoms in total. The minimum atomic E-state index is -1.39. The second-order valence-electron chi connectivity index (χ2n) is 19.8. The first-order valence-corrected chi connectivity index (χ1v) is 28.8. The SMILES string of the molecule is C=C(C=C(C=CC(=O)O)C(=O)O)N=Nc1ccc(Nc2nc(NCCO)nc(Nc3ccc(N=Nc4cc(C(=O)O)cc(C(=O)O)c4)cc3OC)n2)c(OC)c1.CNc1ccc(NC)cc1.Cc1nc(NCCO)nc(Nc2ccc(N=Nc3cc(C(=O)O)cc(C(=O)O)c3)c(C)c2)n1. The molecule has 2 heterocycles. The molecule has 0 saturated carbocycles. The van der Waals surface area contributed by atoms with Gasteiger partial charge in [-0.25, -0.2) is 28.8 Å². The van der Waals surface area contributed by atoms with Crippen molar-refractivity contribution in [2.24, 2.45) is 30.7 Å². The predicted octanol–water partition coefficient (Wildman–Crippen LogP) is 11.1. The number of rotatable bonds is 30. The number of carbonyl (C=O) groups is 6. The highest BCUT2D eigenvalue weighted by atomic mass is 16.5. The first-order chi connectivity index (χ1) is 47.4. The Morgan fingerprint density at radius 1 is 0.475 bits per heavy atom. The number of hydrogen-bond donors (Lipinski definition) is 15. The van der Waals surface area contributed by atoms with E-state index in [4.69, 9.17) is 19.7 Å². The van der Waals surface area contributed by atoms with E-state index in [0.717, 1.165) is 41.2 Å². The van der Waals surface area contributed by atoms with E-state index >= 15 is 0 Å². The van der Waals surface area contributed by atoms with Crippen LogP contribution >= 0.6 is 0 Å². The second kappa shape index (κ2) is 36.7. The van der Waals surface area contributed by atoms with Gasteiger partial charge in [-0.05, 0) is 135 Å². The molecular weight excluding hydrogens is 1290 g/mol. The summed E-state index contributed by atoms with van der Waals surface area (Å²) in [5, 5.41) is 118. The van der Waals surface area contributed by atoms with Crippen molar-refractivity contribution in [2.45, 2.75) is 13.8 Å². The lowest BCUT2D eigenvalue weighted by Gasteiger charge is -2.14. The molecule has 0 fully saturated rings. The van der Waals surface area contributed by atoms with Crippen LogP contribution in [0.15, 0.2) is 182 Å². The van der Waals surface area contributed by atoms with Gasteiger partial charge in [-0.2, -0.15) is 60.6 Å². The second-order valence-corrected chi connectivity index (χ2v) is 19.8. The minimum absolute atomic E-state index is 0.00579. The van der Waals surface area contributed by atoms with Gasteiger partial charge in [0.2, 0.25) is 29.7 Å². The van der Waals surface area contributed by atoms with Gasteiger partial charge in [-0.3, -0.25) is 0 Å². The molecule has 0 amide bonds. The molecule has 8 aromatic rings. The van der Waals surface area contributed by atoms with Crippen molar-refractivity contribution in [3.05, 3.63) is 185 Å². The van der Waals surface area contributed by atoms with Crippen LogP contribution in [-0.4, -0.2) is 161 Å². The molecule has 99 heavy (non-hydrogen) atoms. The average Bonchev–Trinajstić information content (AvgIpc) is 0.840. The molecule has 2 aromatic heterocycles. The monoisotopic (exact) mass is 1360 g/mol. The number of methoxy groups -OCH3 is 2. The highest BCUT2D eigenvalue weighted by Gasteiger charge is 2.17. The highest BCUT2D eigenvalue weighted by molar-refractivity contribution is 5.96. The average molecular weight is 1360 g/mol. The van der Waals surface area contributed by atoms with Crippen LogP contribution in [-0.2, 0) is 9.59 Å². The number of nitrogens with one attached hydrogen (secondary N) is 7. The van der Waals surface area contributed by atoms with E-state index < -0.39 is 35.8 Å². The first-order valence-electron chi connectivity index (χ1n) is 28.8. The lowest BCUT2D eigenvalue weighted by molar-refractivity contribution is -0.132. The predicted molar refractivity (Wildman–Crippen MR) is 363 cm³/mol. The number of allylic oxidation sites excluding steroid dienone is 1. The fraction of sp³-hybridized carbons (Fsp3) is 0.156. The van der Waals surface area contributed by atoms with Crippen LogP contribution < -0.4 is 46.7 Å². The lowest BCUT2D eigenvalue weighted by atomic mass is 10.1. The summed E-state index contributed by atoms with van der Waals surface area (Å²) in [6.45, 7) is 7.31. The Balaban J connectivity index is 0.000000299. The van der Waals surface area contributed by atoms with Crippen molar-refractivity contribution in [3.63, 3.8) is 0 Å². The highest BCUT2D eigenvalue weighted by Crippen LogP contribution is 2.35. The van der Waals surface area contributed by atoms with Gasteiger partial charge in [0, 0.05) is 62.5 Å². The third kappa shape index (κ3) is 23.7. The zero-order valence-corrected chi connectivity index (χ0v) is 53.4. The standard InChI is InChI=1S/C35H32N10O11.C21H21N7O5.C8H12N2/c1-18(12-19(30(49)50)4-9-29(47)48)42-43-22-5-7-25(27(16-22)55-2)37-34-39-33(36-10-11-46)40-35(41-34)38-26-8-6-23(17-28(26)56-3)44-45-24-14-20(31(51)52)13-21(15-24)32(53)54;1-11-7-15(25-21-24-12(2)23-20(26-21)22-5-6-29)3-4-17(11)28-27-16-9-13(18(30)31)8-14(10-16)19(32)33;1-9-7-3-5-8(10-2)6-4-7/h4-9,12-17,46H,1,10-11H2,2-3H3,(H,47,48)(H,49,50)(H,51,52)(H,53,54)(H3,36,37,38,39,40,41);3-4,7-10,29H,5-6H2,1-2H3,(H,30,31)(H,32,33)(H2,22,23,24,25,26);3-6,9-10H,1-2H3. The summed E-state index contributed by atoms with van der Waals surface area (Å²) in [6, 6.07) is 29.6. The summed E-state index contributed by atoms with van der Waals surface area (Å²) in [5.41, 5.74) is 4.31. The van der Waals surface area contributed by atoms with E-state index in [9.17, 15) is 59.4 Å². The molecule has 35 heteroatoms. The quantitative estimate of drug-likeness (QED) is 0.0113. The van der Waals surface area contributed by atoms with Crippen molar-refractivity contribution in [2.75, 3.05) is 91.8 Å². The van der Waals surface area contributed by atoms with E-state index in [1.165, 1.54) is 50.6 Å². The number of azo groups is 3. The largest absolute Gasteiger partial charge is 0.494 e. The molecule has 0 spiro atoms. The maximum absolute atomic E-state index is 11.4. The van der Waals surface area contributed by atoms with Gasteiger partial charge >= 0.3 is 35.8 Å². The third-order valence-corrected chi connectivity index (χ3v) is 12.6.